The average molecular weight is 731 g/mol. The van der Waals surface area contributed by atoms with E-state index in [0.29, 0.717) is 39.0 Å². The normalized spacial score (nSPS) is 21.8. The summed E-state index contributed by atoms with van der Waals surface area (Å²) in [4.78, 5) is 60.4. The number of carbonyl (C=O) groups excluding carboxylic acids is 4. The first-order valence-electron chi connectivity index (χ1n) is 19.1. The first kappa shape index (κ1) is 43.1. The minimum absolute atomic E-state index is 0.00715. The maximum Gasteiger partial charge on any atom is 0.318 e. The van der Waals surface area contributed by atoms with E-state index in [1.54, 1.807) is 42.9 Å². The van der Waals surface area contributed by atoms with Crippen LogP contribution in [0.1, 0.15) is 72.8 Å². The predicted octanol–water partition coefficient (Wildman–Crippen LogP) is 2.65. The zero-order valence-electron chi connectivity index (χ0n) is 33.0. The van der Waals surface area contributed by atoms with Gasteiger partial charge in [0.1, 0.15) is 6.04 Å². The summed E-state index contributed by atoms with van der Waals surface area (Å²) in [5.74, 6) is -1.36. The summed E-state index contributed by atoms with van der Waals surface area (Å²) in [7, 11) is 4.87. The summed E-state index contributed by atoms with van der Waals surface area (Å²) in [6.07, 6.45) is 1.56. The Hall–Kier alpha value is -3.26. The maximum atomic E-state index is 14.2. The van der Waals surface area contributed by atoms with Crippen LogP contribution in [0.25, 0.3) is 0 Å². The fourth-order valence-corrected chi connectivity index (χ4v) is 7.79. The molecule has 0 bridgehead atoms. The number of nitrogens with zero attached hydrogens (tertiary/aromatic N) is 3. The van der Waals surface area contributed by atoms with Gasteiger partial charge in [0.05, 0.1) is 49.3 Å². The number of methoxy groups -OCH3 is 2. The molecule has 1 aromatic rings. The van der Waals surface area contributed by atoms with Crippen molar-refractivity contribution in [1.82, 2.24) is 30.7 Å². The Morgan fingerprint density at radius 1 is 1.02 bits per heavy atom. The number of benzene rings is 1. The Kier molecular flexibility index (Phi) is 17.3. The molecular formula is C39H66N6O7. The molecule has 9 atom stereocenters. The highest BCUT2D eigenvalue weighted by Gasteiger charge is 2.43. The molecule has 2 heterocycles. The molecule has 2 saturated heterocycles. The number of carbonyl (C=O) groups is 4. The summed E-state index contributed by atoms with van der Waals surface area (Å²) >= 11 is 0. The molecule has 0 radical (unpaired) electrons. The molecule has 5 amide bonds. The highest BCUT2D eigenvalue weighted by molar-refractivity contribution is 5.88. The lowest BCUT2D eigenvalue weighted by molar-refractivity contribution is -0.147. The molecule has 52 heavy (non-hydrogen) atoms. The van der Waals surface area contributed by atoms with Gasteiger partial charge >= 0.3 is 6.03 Å². The van der Waals surface area contributed by atoms with Gasteiger partial charge in [0, 0.05) is 53.5 Å². The highest BCUT2D eigenvalue weighted by Crippen LogP contribution is 2.30. The molecule has 2 fully saturated rings. The lowest BCUT2D eigenvalue weighted by Crippen LogP contribution is -2.61. The van der Waals surface area contributed by atoms with Crippen LogP contribution in [0.4, 0.5) is 4.79 Å². The Balaban J connectivity index is 1.74. The molecule has 3 rings (SSSR count). The maximum absolute atomic E-state index is 14.2. The molecule has 0 unspecified atom stereocenters. The van der Waals surface area contributed by atoms with Crippen LogP contribution >= 0.6 is 0 Å². The number of aliphatic hydroxyl groups is 1. The van der Waals surface area contributed by atoms with Gasteiger partial charge in [0.25, 0.3) is 0 Å². The minimum atomic E-state index is -0.754. The van der Waals surface area contributed by atoms with Crippen LogP contribution < -0.4 is 16.0 Å². The number of piperazine rings is 1. The number of amides is 5. The van der Waals surface area contributed by atoms with Crippen LogP contribution in [-0.2, 0) is 30.3 Å². The zero-order chi connectivity index (χ0) is 38.5. The number of hydrogen-bond acceptors (Lipinski definition) is 8. The molecule has 0 spiro atoms. The van der Waals surface area contributed by atoms with Crippen molar-refractivity contribution in [3.63, 3.8) is 0 Å². The zero-order valence-corrected chi connectivity index (χ0v) is 33.0. The van der Waals surface area contributed by atoms with Gasteiger partial charge in [-0.05, 0) is 43.6 Å². The van der Waals surface area contributed by atoms with Crippen molar-refractivity contribution in [2.75, 3.05) is 54.1 Å². The Morgan fingerprint density at radius 3 is 2.29 bits per heavy atom. The topological polar surface area (TPSA) is 153 Å². The van der Waals surface area contributed by atoms with Crippen molar-refractivity contribution in [3.8, 4) is 0 Å². The number of urea groups is 1. The van der Waals surface area contributed by atoms with Crippen molar-refractivity contribution < 1.29 is 33.8 Å². The monoisotopic (exact) mass is 730 g/mol. The van der Waals surface area contributed by atoms with E-state index in [9.17, 15) is 24.3 Å². The first-order chi connectivity index (χ1) is 24.8. The molecule has 0 saturated carbocycles. The van der Waals surface area contributed by atoms with E-state index in [0.717, 1.165) is 18.4 Å². The van der Waals surface area contributed by atoms with Gasteiger partial charge < -0.3 is 45.2 Å². The lowest BCUT2D eigenvalue weighted by atomic mass is 9.89. The molecule has 13 nitrogen and oxygen atoms in total. The Bertz CT molecular complexity index is 1280. The van der Waals surface area contributed by atoms with Crippen LogP contribution in [-0.4, -0.2) is 140 Å². The molecule has 294 valence electrons. The largest absolute Gasteiger partial charge is 0.394 e. The molecule has 2 aliphatic heterocycles. The summed E-state index contributed by atoms with van der Waals surface area (Å²) in [6, 6.07) is 7.47. The minimum Gasteiger partial charge on any atom is -0.394 e. The Labute approximate surface area is 311 Å². The van der Waals surface area contributed by atoms with Crippen LogP contribution in [0.15, 0.2) is 30.3 Å². The second-order valence-corrected chi connectivity index (χ2v) is 15.1. The third-order valence-electron chi connectivity index (χ3n) is 11.1. The molecule has 0 aromatic heterocycles. The Morgan fingerprint density at radius 2 is 1.71 bits per heavy atom. The van der Waals surface area contributed by atoms with E-state index in [1.807, 2.05) is 65.0 Å². The molecule has 13 heteroatoms. The van der Waals surface area contributed by atoms with E-state index >= 15 is 0 Å². The fourth-order valence-electron chi connectivity index (χ4n) is 7.79. The van der Waals surface area contributed by atoms with E-state index in [4.69, 9.17) is 9.47 Å². The molecule has 2 aliphatic rings. The first-order valence-corrected chi connectivity index (χ1v) is 19.1. The fraction of sp³-hybridized carbons (Fsp3) is 0.744. The predicted molar refractivity (Wildman–Crippen MR) is 201 cm³/mol. The standard InChI is InChI=1S/C39H66N6O7/c1-10-26(4)35(43(7)38(49)34(25(2)3)42-39(50)44-20-18-40-23-27(44)5)32(51-8)22-33(47)45-19-14-17-31(45)36(52-9)28(6)37(48)41-30(24-46)21-29-15-12-11-13-16-29/h11-13,15-16,25-28,30-32,34-36,40,46H,10,14,17-24H2,1-9H3,(H,41,48)(H,42,50)/t26-,27-,28+,30-,31-,32-,34-,35-,36+/m0/s1. The second kappa shape index (κ2) is 20.8. The quantitative estimate of drug-likeness (QED) is 0.180. The summed E-state index contributed by atoms with van der Waals surface area (Å²) in [5, 5.41) is 19.3. The number of ether oxygens (including phenoxy) is 2. The van der Waals surface area contributed by atoms with Gasteiger partial charge in [-0.1, -0.05) is 71.4 Å². The summed E-state index contributed by atoms with van der Waals surface area (Å²) in [5.41, 5.74) is 1.01. The van der Waals surface area contributed by atoms with E-state index in [-0.39, 0.29) is 60.7 Å². The van der Waals surface area contributed by atoms with E-state index in [1.165, 1.54) is 0 Å². The highest BCUT2D eigenvalue weighted by atomic mass is 16.5. The summed E-state index contributed by atoms with van der Waals surface area (Å²) < 4.78 is 11.9. The molecule has 1 aromatic carbocycles. The van der Waals surface area contributed by atoms with Crippen molar-refractivity contribution in [3.05, 3.63) is 35.9 Å². The number of aliphatic hydroxyl groups excluding tert-OH is 1. The summed E-state index contributed by atoms with van der Waals surface area (Å²) in [6.45, 7) is 14.0. The lowest BCUT2D eigenvalue weighted by Gasteiger charge is -2.41. The number of hydrogen-bond donors (Lipinski definition) is 4. The van der Waals surface area contributed by atoms with E-state index in [2.05, 4.69) is 16.0 Å². The van der Waals surface area contributed by atoms with Crippen molar-refractivity contribution in [2.45, 2.75) is 116 Å². The van der Waals surface area contributed by atoms with Gasteiger partial charge in [0.2, 0.25) is 17.7 Å². The third kappa shape index (κ3) is 11.1. The van der Waals surface area contributed by atoms with Crippen LogP contribution in [0.2, 0.25) is 0 Å². The van der Waals surface area contributed by atoms with Crippen LogP contribution in [0.3, 0.4) is 0 Å². The van der Waals surface area contributed by atoms with Crippen molar-refractivity contribution in [1.29, 1.82) is 0 Å². The van der Waals surface area contributed by atoms with Crippen LogP contribution in [0.5, 0.6) is 0 Å². The molecule has 0 aliphatic carbocycles. The molecular weight excluding hydrogens is 664 g/mol. The van der Waals surface area contributed by atoms with Crippen LogP contribution in [0, 0.1) is 17.8 Å². The number of rotatable bonds is 18. The van der Waals surface area contributed by atoms with Gasteiger partial charge in [-0.15, -0.1) is 0 Å². The third-order valence-corrected chi connectivity index (χ3v) is 11.1. The second-order valence-electron chi connectivity index (χ2n) is 15.1. The van der Waals surface area contributed by atoms with Gasteiger partial charge in [0.15, 0.2) is 0 Å². The average Bonchev–Trinajstić information content (AvgIpc) is 3.63. The van der Waals surface area contributed by atoms with Crippen molar-refractivity contribution >= 4 is 23.8 Å². The molecule has 4 N–H and O–H groups in total. The van der Waals surface area contributed by atoms with E-state index < -0.39 is 36.3 Å². The number of likely N-dealkylation sites (tertiary alicyclic amines) is 1. The van der Waals surface area contributed by atoms with Gasteiger partial charge in [-0.3, -0.25) is 14.4 Å². The van der Waals surface area contributed by atoms with Gasteiger partial charge in [-0.2, -0.15) is 0 Å². The smallest absolute Gasteiger partial charge is 0.318 e. The SMILES string of the molecule is CC[C@H](C)[C@@H]([C@H](CC(=O)N1CCC[C@H]1[C@H](OC)[C@@H](C)C(=O)N[C@H](CO)Cc1ccccc1)OC)N(C)C(=O)[C@@H](NC(=O)N1CCNC[C@@H]1C)C(C)C. The van der Waals surface area contributed by atoms with Gasteiger partial charge in [-0.25, -0.2) is 4.79 Å². The number of nitrogens with one attached hydrogen (secondary N) is 3. The van der Waals surface area contributed by atoms with Crippen molar-refractivity contribution in [2.24, 2.45) is 17.8 Å². The number of likely N-dealkylation sites (N-methyl/N-ethyl adjacent to an activating group) is 1.